The lowest BCUT2D eigenvalue weighted by Gasteiger charge is -2.26. The van der Waals surface area contributed by atoms with E-state index in [1.807, 2.05) is 4.90 Å². The van der Waals surface area contributed by atoms with E-state index in [1.54, 1.807) is 12.4 Å². The zero-order valence-corrected chi connectivity index (χ0v) is 8.61. The Morgan fingerprint density at radius 1 is 1.47 bits per heavy atom. The third-order valence-corrected chi connectivity index (χ3v) is 2.54. The third-order valence-electron chi connectivity index (χ3n) is 2.54. The Hall–Kier alpha value is -1.52. The van der Waals surface area contributed by atoms with Gasteiger partial charge in [-0.3, -0.25) is 9.89 Å². The Balaban J connectivity index is 1.76. The molecule has 1 aliphatic rings. The van der Waals surface area contributed by atoms with Gasteiger partial charge in [-0.15, -0.1) is 0 Å². The van der Waals surface area contributed by atoms with E-state index in [-0.39, 0.29) is 12.5 Å². The number of piperidine rings is 1. The van der Waals surface area contributed by atoms with Gasteiger partial charge in [-0.1, -0.05) is 0 Å². The van der Waals surface area contributed by atoms with Gasteiger partial charge in [0.05, 0.1) is 12.4 Å². The van der Waals surface area contributed by atoms with Gasteiger partial charge >= 0.3 is 0 Å². The molecule has 1 saturated heterocycles. The molecule has 1 aromatic heterocycles. The molecule has 82 valence electrons. The van der Waals surface area contributed by atoms with Crippen LogP contribution in [0.1, 0.15) is 19.3 Å². The maximum atomic E-state index is 11.7. The highest BCUT2D eigenvalue weighted by Crippen LogP contribution is 2.10. The van der Waals surface area contributed by atoms with Gasteiger partial charge in [-0.2, -0.15) is 5.10 Å². The average molecular weight is 209 g/mol. The molecule has 1 aromatic rings. The molecule has 2 rings (SSSR count). The topological polar surface area (TPSA) is 58.2 Å². The first-order chi connectivity index (χ1) is 7.36. The van der Waals surface area contributed by atoms with Gasteiger partial charge in [-0.25, -0.2) is 0 Å². The van der Waals surface area contributed by atoms with Crippen molar-refractivity contribution in [1.29, 1.82) is 0 Å². The van der Waals surface area contributed by atoms with Crippen molar-refractivity contribution in [2.45, 2.75) is 19.3 Å². The second kappa shape index (κ2) is 4.82. The van der Waals surface area contributed by atoms with Crippen LogP contribution in [0.5, 0.6) is 5.75 Å². The molecule has 0 aliphatic carbocycles. The summed E-state index contributed by atoms with van der Waals surface area (Å²) in [6.07, 6.45) is 6.63. The fraction of sp³-hybridized carbons (Fsp3) is 0.600. The van der Waals surface area contributed by atoms with E-state index in [2.05, 4.69) is 10.2 Å². The predicted octanol–water partition coefficient (Wildman–Crippen LogP) is 0.801. The molecular weight excluding hydrogens is 194 g/mol. The van der Waals surface area contributed by atoms with Crippen molar-refractivity contribution in [2.24, 2.45) is 0 Å². The van der Waals surface area contributed by atoms with Crippen LogP contribution >= 0.6 is 0 Å². The fourth-order valence-electron chi connectivity index (χ4n) is 1.70. The second-order valence-corrected chi connectivity index (χ2v) is 3.66. The van der Waals surface area contributed by atoms with Crippen LogP contribution in [0, 0.1) is 0 Å². The molecule has 5 heteroatoms. The van der Waals surface area contributed by atoms with Gasteiger partial charge in [0, 0.05) is 13.1 Å². The average Bonchev–Trinajstić information content (AvgIpc) is 2.80. The van der Waals surface area contributed by atoms with Crippen molar-refractivity contribution in [3.8, 4) is 5.75 Å². The highest BCUT2D eigenvalue weighted by Gasteiger charge is 2.16. The van der Waals surface area contributed by atoms with Gasteiger partial charge in [0.2, 0.25) is 0 Å². The molecule has 1 fully saturated rings. The summed E-state index contributed by atoms with van der Waals surface area (Å²) in [5.74, 6) is 0.677. The molecular formula is C10H15N3O2. The van der Waals surface area contributed by atoms with Crippen LogP contribution < -0.4 is 4.74 Å². The Bertz CT molecular complexity index is 304. The minimum atomic E-state index is 0.0656. The first-order valence-electron chi connectivity index (χ1n) is 5.25. The molecule has 15 heavy (non-hydrogen) atoms. The van der Waals surface area contributed by atoms with E-state index in [4.69, 9.17) is 4.74 Å². The van der Waals surface area contributed by atoms with Crippen molar-refractivity contribution in [1.82, 2.24) is 15.1 Å². The minimum absolute atomic E-state index is 0.0656. The smallest absolute Gasteiger partial charge is 0.260 e. The molecule has 0 radical (unpaired) electrons. The van der Waals surface area contributed by atoms with Crippen molar-refractivity contribution in [2.75, 3.05) is 19.7 Å². The monoisotopic (exact) mass is 209 g/mol. The number of ether oxygens (including phenoxy) is 1. The van der Waals surface area contributed by atoms with Crippen LogP contribution in [0.25, 0.3) is 0 Å². The number of hydrogen-bond acceptors (Lipinski definition) is 3. The highest BCUT2D eigenvalue weighted by atomic mass is 16.5. The van der Waals surface area contributed by atoms with E-state index in [9.17, 15) is 4.79 Å². The summed E-state index contributed by atoms with van der Waals surface area (Å²) in [4.78, 5) is 13.5. The Morgan fingerprint density at radius 3 is 2.93 bits per heavy atom. The molecule has 0 saturated carbocycles. The van der Waals surface area contributed by atoms with Gasteiger partial charge in [0.1, 0.15) is 0 Å². The van der Waals surface area contributed by atoms with E-state index in [0.29, 0.717) is 5.75 Å². The first-order valence-corrected chi connectivity index (χ1v) is 5.25. The van der Waals surface area contributed by atoms with Crippen molar-refractivity contribution in [3.63, 3.8) is 0 Å². The number of carbonyl (C=O) groups excluding carboxylic acids is 1. The van der Waals surface area contributed by atoms with Gasteiger partial charge in [0.15, 0.2) is 12.4 Å². The molecule has 1 N–H and O–H groups in total. The Labute approximate surface area is 88.4 Å². The largest absolute Gasteiger partial charge is 0.480 e. The maximum absolute atomic E-state index is 11.7. The summed E-state index contributed by atoms with van der Waals surface area (Å²) in [7, 11) is 0. The molecule has 1 amide bonds. The van der Waals surface area contributed by atoms with Crippen LogP contribution in [-0.2, 0) is 4.79 Å². The zero-order chi connectivity index (χ0) is 10.5. The number of aromatic amines is 1. The maximum Gasteiger partial charge on any atom is 0.260 e. The van der Waals surface area contributed by atoms with Gasteiger partial charge < -0.3 is 9.64 Å². The summed E-state index contributed by atoms with van der Waals surface area (Å²) < 4.78 is 5.28. The number of nitrogens with zero attached hydrogens (tertiary/aromatic N) is 2. The number of rotatable bonds is 3. The number of H-pyrrole nitrogens is 1. The predicted molar refractivity (Wildman–Crippen MR) is 54.5 cm³/mol. The van der Waals surface area contributed by atoms with Crippen LogP contribution in [0.4, 0.5) is 0 Å². The number of carbonyl (C=O) groups is 1. The molecule has 0 unspecified atom stereocenters. The number of nitrogens with one attached hydrogen (secondary N) is 1. The lowest BCUT2D eigenvalue weighted by Crippen LogP contribution is -2.38. The number of amides is 1. The molecule has 0 spiro atoms. The first kappa shape index (κ1) is 10.0. The van der Waals surface area contributed by atoms with E-state index < -0.39 is 0 Å². The standard InChI is InChI=1S/C10H15N3O2/c14-10(13-4-2-1-3-5-13)8-15-9-6-11-12-7-9/h6-7H,1-5,8H2,(H,11,12). The van der Waals surface area contributed by atoms with Crippen molar-refractivity contribution < 1.29 is 9.53 Å². The zero-order valence-electron chi connectivity index (χ0n) is 8.61. The van der Waals surface area contributed by atoms with Crippen molar-refractivity contribution in [3.05, 3.63) is 12.4 Å². The van der Waals surface area contributed by atoms with Gasteiger partial charge in [-0.05, 0) is 19.3 Å². The lowest BCUT2D eigenvalue weighted by atomic mass is 10.1. The summed E-state index contributed by atoms with van der Waals surface area (Å²) in [5, 5.41) is 6.37. The third kappa shape index (κ3) is 2.71. The SMILES string of the molecule is O=C(COc1cn[nH]c1)N1CCCCC1. The highest BCUT2D eigenvalue weighted by molar-refractivity contribution is 5.77. The van der Waals surface area contributed by atoms with Crippen molar-refractivity contribution >= 4 is 5.91 Å². The second-order valence-electron chi connectivity index (χ2n) is 3.66. The molecule has 0 bridgehead atoms. The molecule has 1 aliphatic heterocycles. The number of likely N-dealkylation sites (tertiary alicyclic amines) is 1. The van der Waals surface area contributed by atoms with E-state index in [0.717, 1.165) is 25.9 Å². The summed E-state index contributed by atoms with van der Waals surface area (Å²) in [5.41, 5.74) is 0. The number of aromatic nitrogens is 2. The summed E-state index contributed by atoms with van der Waals surface area (Å²) >= 11 is 0. The summed E-state index contributed by atoms with van der Waals surface area (Å²) in [6, 6.07) is 0. The Morgan fingerprint density at radius 2 is 2.27 bits per heavy atom. The van der Waals surface area contributed by atoms with E-state index in [1.165, 1.54) is 6.42 Å². The molecule has 2 heterocycles. The lowest BCUT2D eigenvalue weighted by molar-refractivity contribution is -0.134. The fourth-order valence-corrected chi connectivity index (χ4v) is 1.70. The Kier molecular flexibility index (Phi) is 3.22. The quantitative estimate of drug-likeness (QED) is 0.801. The molecule has 5 nitrogen and oxygen atoms in total. The van der Waals surface area contributed by atoms with Gasteiger partial charge in [0.25, 0.3) is 5.91 Å². The summed E-state index contributed by atoms with van der Waals surface area (Å²) in [6.45, 7) is 1.85. The van der Waals surface area contributed by atoms with Crippen LogP contribution in [-0.4, -0.2) is 40.7 Å². The normalized spacial score (nSPS) is 16.4. The van der Waals surface area contributed by atoms with Crippen LogP contribution in [0.3, 0.4) is 0 Å². The van der Waals surface area contributed by atoms with Crippen LogP contribution in [0.15, 0.2) is 12.4 Å². The minimum Gasteiger partial charge on any atom is -0.480 e. The molecule has 0 aromatic carbocycles. The van der Waals surface area contributed by atoms with Crippen LogP contribution in [0.2, 0.25) is 0 Å². The van der Waals surface area contributed by atoms with E-state index >= 15 is 0 Å². The number of hydrogen-bond donors (Lipinski definition) is 1. The molecule has 0 atom stereocenters.